The number of hydrogen-bond acceptors (Lipinski definition) is 6. The van der Waals surface area contributed by atoms with Crippen molar-refractivity contribution in [3.05, 3.63) is 89.1 Å². The minimum atomic E-state index is -3.89. The molecule has 1 fully saturated rings. The predicted molar refractivity (Wildman–Crippen MR) is 154 cm³/mol. The zero-order valence-corrected chi connectivity index (χ0v) is 23.6. The highest BCUT2D eigenvalue weighted by Gasteiger charge is 2.47. The monoisotopic (exact) mass is 593 g/mol. The molecule has 2 aliphatic rings. The van der Waals surface area contributed by atoms with Crippen LogP contribution >= 0.6 is 0 Å². The number of aromatic amines is 1. The van der Waals surface area contributed by atoms with Gasteiger partial charge in [-0.25, -0.2) is 17.2 Å². The fourth-order valence-electron chi connectivity index (χ4n) is 6.05. The number of halogens is 2. The lowest BCUT2D eigenvalue weighted by molar-refractivity contribution is -0.136. The van der Waals surface area contributed by atoms with Crippen molar-refractivity contribution in [3.8, 4) is 11.5 Å². The number of rotatable bonds is 9. The van der Waals surface area contributed by atoms with Gasteiger partial charge in [0.15, 0.2) is 21.4 Å². The summed E-state index contributed by atoms with van der Waals surface area (Å²) in [6, 6.07) is 14.4. The van der Waals surface area contributed by atoms with Gasteiger partial charge in [-0.05, 0) is 54.7 Å². The van der Waals surface area contributed by atoms with E-state index >= 15 is 8.78 Å². The van der Waals surface area contributed by atoms with Crippen molar-refractivity contribution in [2.75, 3.05) is 12.8 Å². The predicted octanol–water partition coefficient (Wildman–Crippen LogP) is 5.50. The van der Waals surface area contributed by atoms with E-state index < -0.39 is 33.2 Å². The SMILES string of the molecule is CS(=O)(=O)c1c(Oc2ccc(F)c(C3=NCC(C4(c5cccc(CCC(=O)O)c5)CCC4)N3)c2)c(F)cc2[nH]ccc12. The normalized spacial score (nSPS) is 17.9. The number of amidine groups is 1. The summed E-state index contributed by atoms with van der Waals surface area (Å²) >= 11 is 0. The van der Waals surface area contributed by atoms with E-state index in [9.17, 15) is 13.2 Å². The summed E-state index contributed by atoms with van der Waals surface area (Å²) < 4.78 is 61.3. The van der Waals surface area contributed by atoms with Crippen molar-refractivity contribution in [1.29, 1.82) is 0 Å². The van der Waals surface area contributed by atoms with Gasteiger partial charge in [-0.2, -0.15) is 0 Å². The van der Waals surface area contributed by atoms with Gasteiger partial charge in [0, 0.05) is 41.3 Å². The number of ether oxygens (including phenoxy) is 1. The number of aliphatic carboxylic acids is 1. The first-order valence-electron chi connectivity index (χ1n) is 13.6. The van der Waals surface area contributed by atoms with Gasteiger partial charge in [-0.3, -0.25) is 9.79 Å². The van der Waals surface area contributed by atoms with Crippen molar-refractivity contribution < 1.29 is 31.8 Å². The number of carbonyl (C=O) groups is 1. The van der Waals surface area contributed by atoms with Crippen LogP contribution in [0.4, 0.5) is 8.78 Å². The summed E-state index contributed by atoms with van der Waals surface area (Å²) in [7, 11) is -3.89. The molecule has 1 aliphatic carbocycles. The summed E-state index contributed by atoms with van der Waals surface area (Å²) in [5.74, 6) is -2.34. The number of aryl methyl sites for hydroxylation is 1. The number of hydrogen-bond donors (Lipinski definition) is 3. The standard InChI is InChI=1S/C31H29F2N3O5S/c1-42(39,40)29-21-10-13-34-25(21)16-24(33)28(29)41-20-7-8-23(32)22(15-20)30-35-17-26(36-30)31(11-3-12-31)19-5-2-4-18(14-19)6-9-27(37)38/h2,4-5,7-8,10,13-16,26,34H,3,6,9,11-12,17H2,1H3,(H,35,36)(H,37,38). The Hall–Kier alpha value is -4.25. The number of H-pyrrole nitrogens is 1. The van der Waals surface area contributed by atoms with Crippen molar-refractivity contribution in [1.82, 2.24) is 10.3 Å². The Morgan fingerprint density at radius 1 is 1.12 bits per heavy atom. The fourth-order valence-corrected chi connectivity index (χ4v) is 7.11. The second kappa shape index (κ2) is 10.5. The summed E-state index contributed by atoms with van der Waals surface area (Å²) in [5, 5.41) is 12.8. The number of nitrogens with one attached hydrogen (secondary N) is 2. The average molecular weight is 594 g/mol. The van der Waals surface area contributed by atoms with Crippen LogP contribution in [-0.2, 0) is 26.5 Å². The van der Waals surface area contributed by atoms with Crippen molar-refractivity contribution in [2.24, 2.45) is 4.99 Å². The number of benzene rings is 3. The maximum Gasteiger partial charge on any atom is 0.303 e. The Bertz CT molecular complexity index is 1850. The molecule has 0 radical (unpaired) electrons. The molecule has 0 amide bonds. The second-order valence-corrected chi connectivity index (χ2v) is 12.9. The van der Waals surface area contributed by atoms with E-state index in [1.807, 2.05) is 18.2 Å². The molecule has 1 aromatic heterocycles. The molecule has 3 aromatic carbocycles. The molecule has 0 bridgehead atoms. The van der Waals surface area contributed by atoms with Gasteiger partial charge in [0.2, 0.25) is 0 Å². The first-order valence-corrected chi connectivity index (χ1v) is 15.5. The van der Waals surface area contributed by atoms with E-state index in [4.69, 9.17) is 9.84 Å². The summed E-state index contributed by atoms with van der Waals surface area (Å²) in [6.45, 7) is 0.413. The molecule has 1 atom stereocenters. The molecule has 2 heterocycles. The van der Waals surface area contributed by atoms with E-state index in [1.54, 1.807) is 0 Å². The summed E-state index contributed by atoms with van der Waals surface area (Å²) in [4.78, 5) is 18.2. The van der Waals surface area contributed by atoms with Crippen molar-refractivity contribution in [3.63, 3.8) is 0 Å². The molecule has 6 rings (SSSR count). The number of nitrogens with zero attached hydrogens (tertiary/aromatic N) is 1. The highest BCUT2D eigenvalue weighted by Crippen LogP contribution is 2.48. The van der Waals surface area contributed by atoms with E-state index in [-0.39, 0.29) is 34.1 Å². The Kier molecular flexibility index (Phi) is 7.00. The van der Waals surface area contributed by atoms with E-state index in [2.05, 4.69) is 21.4 Å². The number of sulfone groups is 1. The summed E-state index contributed by atoms with van der Waals surface area (Å²) in [5.41, 5.74) is 2.27. The van der Waals surface area contributed by atoms with Crippen LogP contribution in [0.25, 0.3) is 10.9 Å². The van der Waals surface area contributed by atoms with Gasteiger partial charge in [-0.15, -0.1) is 0 Å². The first kappa shape index (κ1) is 27.9. The highest BCUT2D eigenvalue weighted by atomic mass is 32.2. The van der Waals surface area contributed by atoms with Crippen LogP contribution in [0.1, 0.15) is 42.4 Å². The number of fused-ring (bicyclic) bond motifs is 1. The molecule has 1 unspecified atom stereocenters. The number of aromatic nitrogens is 1. The van der Waals surface area contributed by atoms with Gasteiger partial charge in [0.1, 0.15) is 22.3 Å². The third-order valence-electron chi connectivity index (χ3n) is 8.29. The van der Waals surface area contributed by atoms with E-state index in [0.29, 0.717) is 29.7 Å². The van der Waals surface area contributed by atoms with Crippen LogP contribution in [-0.4, -0.2) is 49.2 Å². The Morgan fingerprint density at radius 2 is 1.93 bits per heavy atom. The second-order valence-electron chi connectivity index (χ2n) is 11.0. The molecule has 218 valence electrons. The molecule has 1 saturated carbocycles. The zero-order chi connectivity index (χ0) is 29.6. The average Bonchev–Trinajstić information content (AvgIpc) is 3.58. The minimum absolute atomic E-state index is 0.0533. The lowest BCUT2D eigenvalue weighted by atomic mass is 9.60. The number of aliphatic imine (C=N–C) groups is 1. The lowest BCUT2D eigenvalue weighted by Crippen LogP contribution is -2.53. The van der Waals surface area contributed by atoms with Crippen LogP contribution in [0.5, 0.6) is 11.5 Å². The molecular formula is C31H29F2N3O5S. The molecule has 42 heavy (non-hydrogen) atoms. The van der Waals surface area contributed by atoms with E-state index in [0.717, 1.165) is 42.7 Å². The smallest absolute Gasteiger partial charge is 0.303 e. The molecule has 4 aromatic rings. The molecule has 3 N–H and O–H groups in total. The number of carboxylic acid groups (broad SMARTS) is 1. The molecule has 0 spiro atoms. The largest absolute Gasteiger partial charge is 0.481 e. The maximum atomic E-state index is 15.1. The third kappa shape index (κ3) is 5.02. The molecule has 8 nitrogen and oxygen atoms in total. The maximum absolute atomic E-state index is 15.1. The van der Waals surface area contributed by atoms with Crippen LogP contribution in [0.3, 0.4) is 0 Å². The topological polar surface area (TPSA) is 121 Å². The van der Waals surface area contributed by atoms with Crippen LogP contribution in [0.2, 0.25) is 0 Å². The summed E-state index contributed by atoms with van der Waals surface area (Å²) in [6.07, 6.45) is 5.84. The van der Waals surface area contributed by atoms with Crippen LogP contribution < -0.4 is 10.1 Å². The van der Waals surface area contributed by atoms with Crippen molar-refractivity contribution in [2.45, 2.75) is 48.5 Å². The van der Waals surface area contributed by atoms with Crippen LogP contribution in [0.15, 0.2) is 70.7 Å². The fraction of sp³-hybridized carbons (Fsp3) is 0.290. The molecule has 0 saturated heterocycles. The Balaban J connectivity index is 1.27. The third-order valence-corrected chi connectivity index (χ3v) is 9.43. The molecule has 1 aliphatic heterocycles. The number of carboxylic acids is 1. The molecule has 11 heteroatoms. The Morgan fingerprint density at radius 3 is 2.64 bits per heavy atom. The lowest BCUT2D eigenvalue weighted by Gasteiger charge is -2.47. The highest BCUT2D eigenvalue weighted by molar-refractivity contribution is 7.91. The minimum Gasteiger partial charge on any atom is -0.481 e. The van der Waals surface area contributed by atoms with Gasteiger partial charge in [0.25, 0.3) is 0 Å². The first-order chi connectivity index (χ1) is 20.0. The van der Waals surface area contributed by atoms with E-state index in [1.165, 1.54) is 30.5 Å². The zero-order valence-electron chi connectivity index (χ0n) is 22.8. The van der Waals surface area contributed by atoms with Crippen molar-refractivity contribution >= 4 is 32.5 Å². The van der Waals surface area contributed by atoms with Gasteiger partial charge < -0.3 is 20.1 Å². The van der Waals surface area contributed by atoms with Gasteiger partial charge in [-0.1, -0.05) is 30.7 Å². The Labute approximate surface area is 241 Å². The molecular weight excluding hydrogens is 564 g/mol. The van der Waals surface area contributed by atoms with Gasteiger partial charge >= 0.3 is 5.97 Å². The van der Waals surface area contributed by atoms with Gasteiger partial charge in [0.05, 0.1) is 18.2 Å². The quantitative estimate of drug-likeness (QED) is 0.236. The van der Waals surface area contributed by atoms with Crippen LogP contribution in [0, 0.1) is 11.6 Å².